The van der Waals surface area contributed by atoms with Gasteiger partial charge in [-0.05, 0) is 25.7 Å². The van der Waals surface area contributed by atoms with Crippen LogP contribution in [0.5, 0.6) is 0 Å². The van der Waals surface area contributed by atoms with Crippen LogP contribution in [-0.2, 0) is 14.3 Å². The van der Waals surface area contributed by atoms with Gasteiger partial charge in [0.1, 0.15) is 12.6 Å². The molecule has 1 atom stereocenters. The molecule has 0 aromatic rings. The molecule has 5 nitrogen and oxygen atoms in total. The van der Waals surface area contributed by atoms with E-state index in [1.54, 1.807) is 4.90 Å². The van der Waals surface area contributed by atoms with E-state index in [0.29, 0.717) is 6.54 Å². The quantitative estimate of drug-likeness (QED) is 0.786. The summed E-state index contributed by atoms with van der Waals surface area (Å²) >= 11 is 1.89. The SMILES string of the molecule is O=C([C@@H]1CCCN1C(=O)COC1CCCC1)N1CCSCC1. The summed E-state index contributed by atoms with van der Waals surface area (Å²) in [7, 11) is 0. The van der Waals surface area contributed by atoms with Gasteiger partial charge in [0.05, 0.1) is 6.10 Å². The molecule has 0 unspecified atom stereocenters. The largest absolute Gasteiger partial charge is 0.368 e. The molecule has 0 aromatic carbocycles. The first-order valence-electron chi connectivity index (χ1n) is 8.53. The Morgan fingerprint density at radius 1 is 1.00 bits per heavy atom. The Balaban J connectivity index is 1.52. The Morgan fingerprint density at radius 3 is 2.45 bits per heavy atom. The number of carbonyl (C=O) groups is 2. The highest BCUT2D eigenvalue weighted by Crippen LogP contribution is 2.23. The molecule has 2 saturated heterocycles. The number of hydrogen-bond acceptors (Lipinski definition) is 4. The van der Waals surface area contributed by atoms with Gasteiger partial charge in [-0.3, -0.25) is 9.59 Å². The summed E-state index contributed by atoms with van der Waals surface area (Å²) in [5.74, 6) is 2.16. The number of amides is 2. The second-order valence-corrected chi connectivity index (χ2v) is 7.63. The molecule has 2 heterocycles. The summed E-state index contributed by atoms with van der Waals surface area (Å²) in [4.78, 5) is 28.8. The van der Waals surface area contributed by atoms with Gasteiger partial charge in [-0.2, -0.15) is 11.8 Å². The first kappa shape index (κ1) is 16.1. The summed E-state index contributed by atoms with van der Waals surface area (Å²) in [5, 5.41) is 0. The maximum absolute atomic E-state index is 12.7. The monoisotopic (exact) mass is 326 g/mol. The zero-order valence-electron chi connectivity index (χ0n) is 13.2. The lowest BCUT2D eigenvalue weighted by Gasteiger charge is -2.32. The molecule has 0 radical (unpaired) electrons. The third-order valence-electron chi connectivity index (χ3n) is 4.93. The smallest absolute Gasteiger partial charge is 0.249 e. The summed E-state index contributed by atoms with van der Waals surface area (Å²) < 4.78 is 5.73. The maximum Gasteiger partial charge on any atom is 0.249 e. The predicted octanol–water partition coefficient (Wildman–Crippen LogP) is 1.51. The predicted molar refractivity (Wildman–Crippen MR) is 86.8 cm³/mol. The van der Waals surface area contributed by atoms with Crippen LogP contribution in [0, 0.1) is 0 Å². The number of nitrogens with zero attached hydrogens (tertiary/aromatic N) is 2. The van der Waals surface area contributed by atoms with Crippen molar-refractivity contribution in [2.24, 2.45) is 0 Å². The average Bonchev–Trinajstić information content (AvgIpc) is 3.24. The fourth-order valence-electron chi connectivity index (χ4n) is 3.64. The first-order valence-corrected chi connectivity index (χ1v) is 9.69. The molecule has 0 spiro atoms. The number of likely N-dealkylation sites (tertiary alicyclic amines) is 1. The molecule has 1 saturated carbocycles. The van der Waals surface area contributed by atoms with Gasteiger partial charge in [0, 0.05) is 31.1 Å². The van der Waals surface area contributed by atoms with Gasteiger partial charge in [-0.1, -0.05) is 12.8 Å². The van der Waals surface area contributed by atoms with E-state index in [9.17, 15) is 9.59 Å². The van der Waals surface area contributed by atoms with Crippen LogP contribution in [0.4, 0.5) is 0 Å². The maximum atomic E-state index is 12.7. The van der Waals surface area contributed by atoms with E-state index in [-0.39, 0.29) is 30.6 Å². The minimum atomic E-state index is -0.247. The van der Waals surface area contributed by atoms with Crippen LogP contribution >= 0.6 is 11.8 Å². The van der Waals surface area contributed by atoms with Crippen molar-refractivity contribution in [3.63, 3.8) is 0 Å². The Kier molecular flexibility index (Phi) is 5.63. The lowest BCUT2D eigenvalue weighted by Crippen LogP contribution is -2.50. The van der Waals surface area contributed by atoms with Crippen LogP contribution in [0.1, 0.15) is 38.5 Å². The zero-order valence-corrected chi connectivity index (χ0v) is 14.0. The van der Waals surface area contributed by atoms with Gasteiger partial charge in [-0.25, -0.2) is 0 Å². The number of thioether (sulfide) groups is 1. The number of carbonyl (C=O) groups excluding carboxylic acids is 2. The Labute approximate surface area is 136 Å². The second-order valence-electron chi connectivity index (χ2n) is 6.40. The molecule has 2 aliphatic heterocycles. The van der Waals surface area contributed by atoms with Crippen LogP contribution in [0.25, 0.3) is 0 Å². The third-order valence-corrected chi connectivity index (χ3v) is 5.87. The number of rotatable bonds is 4. The van der Waals surface area contributed by atoms with Crippen LogP contribution in [0.15, 0.2) is 0 Å². The van der Waals surface area contributed by atoms with Gasteiger partial charge >= 0.3 is 0 Å². The van der Waals surface area contributed by atoms with Crippen LogP contribution in [0.2, 0.25) is 0 Å². The van der Waals surface area contributed by atoms with Gasteiger partial charge < -0.3 is 14.5 Å². The van der Waals surface area contributed by atoms with Crippen molar-refractivity contribution >= 4 is 23.6 Å². The molecule has 124 valence electrons. The van der Waals surface area contributed by atoms with Gasteiger partial charge in [-0.15, -0.1) is 0 Å². The topological polar surface area (TPSA) is 49.9 Å². The summed E-state index contributed by atoms with van der Waals surface area (Å²) in [6.07, 6.45) is 6.53. The molecule has 6 heteroatoms. The van der Waals surface area contributed by atoms with Crippen molar-refractivity contribution in [1.82, 2.24) is 9.80 Å². The van der Waals surface area contributed by atoms with Crippen LogP contribution in [-0.4, -0.2) is 71.5 Å². The van der Waals surface area contributed by atoms with Crippen molar-refractivity contribution < 1.29 is 14.3 Å². The normalized spacial score (nSPS) is 26.6. The molecule has 0 N–H and O–H groups in total. The van der Waals surface area contributed by atoms with Crippen LogP contribution < -0.4 is 0 Å². The zero-order chi connectivity index (χ0) is 15.4. The van der Waals surface area contributed by atoms with Crippen molar-refractivity contribution in [3.8, 4) is 0 Å². The lowest BCUT2D eigenvalue weighted by molar-refractivity contribution is -0.147. The molecule has 22 heavy (non-hydrogen) atoms. The molecule has 3 rings (SSSR count). The highest BCUT2D eigenvalue weighted by molar-refractivity contribution is 7.99. The summed E-state index contributed by atoms with van der Waals surface area (Å²) in [6.45, 7) is 2.48. The molecular formula is C16H26N2O3S. The minimum Gasteiger partial charge on any atom is -0.368 e. The van der Waals surface area contributed by atoms with Gasteiger partial charge in [0.2, 0.25) is 11.8 Å². The fraction of sp³-hybridized carbons (Fsp3) is 0.875. The molecule has 0 aromatic heterocycles. The van der Waals surface area contributed by atoms with E-state index in [0.717, 1.165) is 50.3 Å². The molecule has 3 fully saturated rings. The van der Waals surface area contributed by atoms with E-state index >= 15 is 0 Å². The molecule has 2 amide bonds. The van der Waals surface area contributed by atoms with Crippen molar-refractivity contribution in [2.45, 2.75) is 50.7 Å². The van der Waals surface area contributed by atoms with Crippen molar-refractivity contribution in [2.75, 3.05) is 37.7 Å². The number of ether oxygens (including phenoxy) is 1. The van der Waals surface area contributed by atoms with Gasteiger partial charge in [0.15, 0.2) is 0 Å². The van der Waals surface area contributed by atoms with E-state index in [2.05, 4.69) is 0 Å². The van der Waals surface area contributed by atoms with Crippen molar-refractivity contribution in [1.29, 1.82) is 0 Å². The van der Waals surface area contributed by atoms with Crippen LogP contribution in [0.3, 0.4) is 0 Å². The molecular weight excluding hydrogens is 300 g/mol. The van der Waals surface area contributed by atoms with E-state index < -0.39 is 0 Å². The average molecular weight is 326 g/mol. The first-order chi connectivity index (χ1) is 10.8. The fourth-order valence-corrected chi connectivity index (χ4v) is 4.55. The minimum absolute atomic E-state index is 0.00543. The Bertz CT molecular complexity index is 406. The molecule has 1 aliphatic carbocycles. The lowest BCUT2D eigenvalue weighted by atomic mass is 10.2. The summed E-state index contributed by atoms with van der Waals surface area (Å²) in [5.41, 5.74) is 0. The van der Waals surface area contributed by atoms with Crippen molar-refractivity contribution in [3.05, 3.63) is 0 Å². The second kappa shape index (κ2) is 7.68. The Hall–Kier alpha value is -0.750. The molecule has 0 bridgehead atoms. The standard InChI is InChI=1S/C16H26N2O3S/c19-15(12-21-13-4-1-2-5-13)18-7-3-6-14(18)16(20)17-8-10-22-11-9-17/h13-14H,1-12H2/t14-/m0/s1. The van der Waals surface area contributed by atoms with E-state index in [1.807, 2.05) is 16.7 Å². The van der Waals surface area contributed by atoms with Gasteiger partial charge in [0.25, 0.3) is 0 Å². The summed E-state index contributed by atoms with van der Waals surface area (Å²) in [6, 6.07) is -0.247. The highest BCUT2D eigenvalue weighted by atomic mass is 32.2. The highest BCUT2D eigenvalue weighted by Gasteiger charge is 2.37. The Morgan fingerprint density at radius 2 is 1.73 bits per heavy atom. The van der Waals surface area contributed by atoms with E-state index in [4.69, 9.17) is 4.74 Å². The number of hydrogen-bond donors (Lipinski definition) is 0. The van der Waals surface area contributed by atoms with E-state index in [1.165, 1.54) is 12.8 Å². The molecule has 3 aliphatic rings. The third kappa shape index (κ3) is 3.77.